The van der Waals surface area contributed by atoms with Crippen LogP contribution in [0.1, 0.15) is 0 Å². The molecule has 78 valence electrons. The molecule has 0 aromatic heterocycles. The molecule has 0 aromatic carbocycles. The lowest BCUT2D eigenvalue weighted by molar-refractivity contribution is -0.142. The van der Waals surface area contributed by atoms with Crippen LogP contribution in [0, 0.1) is 0 Å². The zero-order valence-corrected chi connectivity index (χ0v) is 7.69. The van der Waals surface area contributed by atoms with Gasteiger partial charge >= 0.3 is 6.18 Å². The van der Waals surface area contributed by atoms with Crippen LogP contribution in [0.5, 0.6) is 0 Å². The summed E-state index contributed by atoms with van der Waals surface area (Å²) < 4.78 is 35.4. The number of halogens is 3. The summed E-state index contributed by atoms with van der Waals surface area (Å²) in [7, 11) is 1.45. The number of nitrogens with zero attached hydrogens (tertiary/aromatic N) is 1. The van der Waals surface area contributed by atoms with Crippen LogP contribution in [-0.4, -0.2) is 44.3 Å². The van der Waals surface area contributed by atoms with E-state index >= 15 is 0 Å². The Balaban J connectivity index is 3.40. The van der Waals surface area contributed by atoms with Gasteiger partial charge in [-0.2, -0.15) is 13.2 Å². The monoisotopic (exact) mass is 196 g/mol. The van der Waals surface area contributed by atoms with Gasteiger partial charge in [0.05, 0.1) is 6.54 Å². The van der Waals surface area contributed by atoms with E-state index in [-0.39, 0.29) is 0 Å². The zero-order valence-electron chi connectivity index (χ0n) is 7.69. The minimum atomic E-state index is -4.10. The van der Waals surface area contributed by atoms with Crippen LogP contribution in [0.4, 0.5) is 13.2 Å². The molecule has 0 rings (SSSR count). The van der Waals surface area contributed by atoms with Gasteiger partial charge in [0.2, 0.25) is 0 Å². The molecule has 5 heteroatoms. The topological polar surface area (TPSA) is 15.3 Å². The third kappa shape index (κ3) is 9.36. The van der Waals surface area contributed by atoms with Gasteiger partial charge in [0, 0.05) is 19.6 Å². The largest absolute Gasteiger partial charge is 0.401 e. The summed E-state index contributed by atoms with van der Waals surface area (Å²) in [5.41, 5.74) is 0. The molecule has 0 aliphatic heterocycles. The van der Waals surface area contributed by atoms with E-state index in [4.69, 9.17) is 0 Å². The number of nitrogens with one attached hydrogen (secondary N) is 1. The Kier molecular flexibility index (Phi) is 5.73. The Morgan fingerprint density at radius 1 is 1.46 bits per heavy atom. The van der Waals surface area contributed by atoms with Crippen molar-refractivity contribution in [3.05, 3.63) is 12.7 Å². The Hall–Kier alpha value is -0.550. The maximum absolute atomic E-state index is 11.8. The minimum absolute atomic E-state index is 0.382. The summed E-state index contributed by atoms with van der Waals surface area (Å²) in [6, 6.07) is 0. The first-order valence-corrected chi connectivity index (χ1v) is 4.02. The van der Waals surface area contributed by atoms with E-state index in [0.717, 1.165) is 0 Å². The molecule has 0 saturated carbocycles. The summed E-state index contributed by atoms with van der Waals surface area (Å²) in [6.45, 7) is 4.17. The average molecular weight is 196 g/mol. The molecule has 0 saturated heterocycles. The second-order valence-corrected chi connectivity index (χ2v) is 2.85. The van der Waals surface area contributed by atoms with Gasteiger partial charge in [-0.3, -0.25) is 4.90 Å². The molecule has 0 amide bonds. The van der Waals surface area contributed by atoms with Crippen molar-refractivity contribution < 1.29 is 13.2 Å². The van der Waals surface area contributed by atoms with Crippen LogP contribution in [0.15, 0.2) is 12.7 Å². The SMILES string of the molecule is C=CCNCCN(C)CC(F)(F)F. The molecule has 0 aliphatic carbocycles. The van der Waals surface area contributed by atoms with Gasteiger partial charge in [-0.05, 0) is 7.05 Å². The highest BCUT2D eigenvalue weighted by Crippen LogP contribution is 2.14. The molecular formula is C8H15F3N2. The van der Waals surface area contributed by atoms with E-state index in [1.165, 1.54) is 11.9 Å². The smallest absolute Gasteiger partial charge is 0.312 e. The molecular weight excluding hydrogens is 181 g/mol. The highest BCUT2D eigenvalue weighted by molar-refractivity contribution is 4.70. The number of hydrogen-bond donors (Lipinski definition) is 1. The number of hydrogen-bond acceptors (Lipinski definition) is 2. The standard InChI is InChI=1S/C8H15F3N2/c1-3-4-12-5-6-13(2)7-8(9,10)11/h3,12H,1,4-7H2,2H3. The second-order valence-electron chi connectivity index (χ2n) is 2.85. The first-order valence-electron chi connectivity index (χ1n) is 4.02. The van der Waals surface area contributed by atoms with Gasteiger partial charge in [-0.15, -0.1) is 6.58 Å². The normalized spacial score (nSPS) is 12.1. The van der Waals surface area contributed by atoms with Crippen molar-refractivity contribution in [2.45, 2.75) is 6.18 Å². The Morgan fingerprint density at radius 3 is 2.54 bits per heavy atom. The molecule has 0 aromatic rings. The molecule has 0 spiro atoms. The van der Waals surface area contributed by atoms with E-state index in [9.17, 15) is 13.2 Å². The molecule has 13 heavy (non-hydrogen) atoms. The second kappa shape index (κ2) is 5.99. The van der Waals surface area contributed by atoms with Crippen LogP contribution >= 0.6 is 0 Å². The lowest BCUT2D eigenvalue weighted by atomic mass is 10.5. The highest BCUT2D eigenvalue weighted by Gasteiger charge is 2.28. The molecule has 0 atom stereocenters. The Morgan fingerprint density at radius 2 is 2.08 bits per heavy atom. The summed E-state index contributed by atoms with van der Waals surface area (Å²) in [6.07, 6.45) is -2.43. The lowest BCUT2D eigenvalue weighted by Crippen LogP contribution is -2.35. The van der Waals surface area contributed by atoms with Gasteiger partial charge in [-0.1, -0.05) is 6.08 Å². The van der Waals surface area contributed by atoms with Gasteiger partial charge in [-0.25, -0.2) is 0 Å². The molecule has 0 unspecified atom stereocenters. The van der Waals surface area contributed by atoms with Crippen molar-refractivity contribution >= 4 is 0 Å². The van der Waals surface area contributed by atoms with E-state index in [2.05, 4.69) is 11.9 Å². The summed E-state index contributed by atoms with van der Waals surface area (Å²) in [4.78, 5) is 1.23. The fourth-order valence-electron chi connectivity index (χ4n) is 0.859. The molecule has 2 nitrogen and oxygen atoms in total. The molecule has 0 aliphatic rings. The molecule has 0 bridgehead atoms. The maximum Gasteiger partial charge on any atom is 0.401 e. The van der Waals surface area contributed by atoms with Crippen molar-refractivity contribution in [1.82, 2.24) is 10.2 Å². The maximum atomic E-state index is 11.8. The van der Waals surface area contributed by atoms with Crippen molar-refractivity contribution in [3.63, 3.8) is 0 Å². The summed E-state index contributed by atoms with van der Waals surface area (Å²) in [5, 5.41) is 2.92. The lowest BCUT2D eigenvalue weighted by Gasteiger charge is -2.18. The van der Waals surface area contributed by atoms with E-state index < -0.39 is 12.7 Å². The first kappa shape index (κ1) is 12.4. The predicted octanol–water partition coefficient (Wildman–Crippen LogP) is 1.26. The van der Waals surface area contributed by atoms with Gasteiger partial charge in [0.25, 0.3) is 0 Å². The van der Waals surface area contributed by atoms with Gasteiger partial charge < -0.3 is 5.32 Å². The number of alkyl halides is 3. The van der Waals surface area contributed by atoms with Gasteiger partial charge in [0.1, 0.15) is 0 Å². The third-order valence-corrected chi connectivity index (χ3v) is 1.41. The molecule has 0 radical (unpaired) electrons. The van der Waals surface area contributed by atoms with Crippen LogP contribution < -0.4 is 5.32 Å². The van der Waals surface area contributed by atoms with Gasteiger partial charge in [0.15, 0.2) is 0 Å². The average Bonchev–Trinajstić information content (AvgIpc) is 1.94. The van der Waals surface area contributed by atoms with Crippen LogP contribution in [0.25, 0.3) is 0 Å². The Labute approximate surface area is 76.4 Å². The minimum Gasteiger partial charge on any atom is -0.312 e. The number of rotatable bonds is 6. The predicted molar refractivity (Wildman–Crippen MR) is 46.6 cm³/mol. The van der Waals surface area contributed by atoms with E-state index in [1.54, 1.807) is 6.08 Å². The Bertz CT molecular complexity index is 145. The summed E-state index contributed by atoms with van der Waals surface area (Å²) in [5.74, 6) is 0. The quantitative estimate of drug-likeness (QED) is 0.508. The van der Waals surface area contributed by atoms with Crippen LogP contribution in [-0.2, 0) is 0 Å². The number of likely N-dealkylation sites (N-methyl/N-ethyl adjacent to an activating group) is 1. The highest BCUT2D eigenvalue weighted by atomic mass is 19.4. The fraction of sp³-hybridized carbons (Fsp3) is 0.750. The van der Waals surface area contributed by atoms with Crippen LogP contribution in [0.3, 0.4) is 0 Å². The first-order chi connectivity index (χ1) is 5.95. The van der Waals surface area contributed by atoms with E-state index in [0.29, 0.717) is 19.6 Å². The summed E-state index contributed by atoms with van der Waals surface area (Å²) >= 11 is 0. The molecule has 1 N–H and O–H groups in total. The molecule has 0 heterocycles. The molecule has 0 fully saturated rings. The fourth-order valence-corrected chi connectivity index (χ4v) is 0.859. The third-order valence-electron chi connectivity index (χ3n) is 1.41. The van der Waals surface area contributed by atoms with Crippen LogP contribution in [0.2, 0.25) is 0 Å². The van der Waals surface area contributed by atoms with Crippen molar-refractivity contribution in [2.75, 3.05) is 33.2 Å². The van der Waals surface area contributed by atoms with Crippen molar-refractivity contribution in [3.8, 4) is 0 Å². The van der Waals surface area contributed by atoms with E-state index in [1.807, 2.05) is 0 Å². The zero-order chi connectivity index (χ0) is 10.3. The van der Waals surface area contributed by atoms with Crippen molar-refractivity contribution in [2.24, 2.45) is 0 Å². The van der Waals surface area contributed by atoms with Crippen molar-refractivity contribution in [1.29, 1.82) is 0 Å².